The zero-order valence-corrected chi connectivity index (χ0v) is 6.39. The van der Waals surface area contributed by atoms with Gasteiger partial charge in [-0.25, -0.2) is 4.39 Å². The van der Waals surface area contributed by atoms with E-state index in [1.165, 1.54) is 0 Å². The summed E-state index contributed by atoms with van der Waals surface area (Å²) in [6.07, 6.45) is -4.01. The van der Waals surface area contributed by atoms with E-state index in [1.54, 1.807) is 0 Å². The van der Waals surface area contributed by atoms with Gasteiger partial charge in [0.25, 0.3) is 0 Å². The molecule has 0 saturated heterocycles. The normalized spacial score (nSPS) is 21.5. The minimum atomic E-state index is -2.50. The molecule has 3 atom stereocenters. The molecule has 5 nitrogen and oxygen atoms in total. The van der Waals surface area contributed by atoms with Crippen molar-refractivity contribution in [2.45, 2.75) is 17.9 Å². The zero-order valence-electron chi connectivity index (χ0n) is 6.39. The van der Waals surface area contributed by atoms with E-state index in [2.05, 4.69) is 0 Å². The van der Waals surface area contributed by atoms with E-state index in [0.717, 1.165) is 0 Å². The van der Waals surface area contributed by atoms with Crippen molar-refractivity contribution in [3.8, 4) is 0 Å². The van der Waals surface area contributed by atoms with Gasteiger partial charge in [-0.05, 0) is 0 Å². The summed E-state index contributed by atoms with van der Waals surface area (Å²) in [5.74, 6) is 0. The lowest BCUT2D eigenvalue weighted by Gasteiger charge is -2.31. The van der Waals surface area contributed by atoms with Crippen LogP contribution in [-0.4, -0.2) is 63.2 Å². The van der Waals surface area contributed by atoms with Gasteiger partial charge >= 0.3 is 0 Å². The van der Waals surface area contributed by atoms with Crippen LogP contribution in [0, 0.1) is 0 Å². The van der Waals surface area contributed by atoms with Crippen LogP contribution in [0.5, 0.6) is 0 Å². The van der Waals surface area contributed by atoms with Gasteiger partial charge in [0.2, 0.25) is 0 Å². The average Bonchev–Trinajstić information content (AvgIpc) is 2.13. The molecule has 0 aromatic heterocycles. The summed E-state index contributed by atoms with van der Waals surface area (Å²) >= 11 is 0. The van der Waals surface area contributed by atoms with E-state index in [0.29, 0.717) is 0 Å². The van der Waals surface area contributed by atoms with E-state index in [4.69, 9.17) is 25.5 Å². The topological polar surface area (TPSA) is 101 Å². The largest absolute Gasteiger partial charge is 0.394 e. The molecule has 0 spiro atoms. The Morgan fingerprint density at radius 3 is 1.92 bits per heavy atom. The molecule has 0 radical (unpaired) electrons. The molecule has 0 amide bonds. The van der Waals surface area contributed by atoms with Gasteiger partial charge in [-0.15, -0.1) is 0 Å². The molecule has 0 aromatic carbocycles. The molecular weight excluding hydrogens is 171 g/mol. The highest BCUT2D eigenvalue weighted by atomic mass is 19.1. The van der Waals surface area contributed by atoms with Gasteiger partial charge in [0, 0.05) is 0 Å². The lowest BCUT2D eigenvalue weighted by atomic mass is 9.93. The van der Waals surface area contributed by atoms with E-state index < -0.39 is 37.7 Å². The van der Waals surface area contributed by atoms with Gasteiger partial charge in [0.05, 0.1) is 19.8 Å². The molecule has 0 bridgehead atoms. The number of halogens is 1. The second-order valence-corrected chi connectivity index (χ2v) is 2.50. The molecule has 12 heavy (non-hydrogen) atoms. The van der Waals surface area contributed by atoms with Gasteiger partial charge in [-0.1, -0.05) is 0 Å². The quantitative estimate of drug-likeness (QED) is 0.322. The summed E-state index contributed by atoms with van der Waals surface area (Å²) in [6, 6.07) is 0. The summed E-state index contributed by atoms with van der Waals surface area (Å²) in [6.45, 7) is -3.00. The van der Waals surface area contributed by atoms with Crippen molar-refractivity contribution in [2.24, 2.45) is 0 Å². The van der Waals surface area contributed by atoms with Crippen LogP contribution in [0.2, 0.25) is 0 Å². The third-order valence-corrected chi connectivity index (χ3v) is 1.71. The van der Waals surface area contributed by atoms with Crippen LogP contribution in [0.15, 0.2) is 0 Å². The molecule has 0 aliphatic heterocycles. The van der Waals surface area contributed by atoms with Crippen LogP contribution in [0.1, 0.15) is 0 Å². The molecule has 0 aliphatic rings. The molecule has 0 aliphatic carbocycles. The van der Waals surface area contributed by atoms with Crippen molar-refractivity contribution < 1.29 is 29.9 Å². The van der Waals surface area contributed by atoms with E-state index >= 15 is 0 Å². The molecule has 0 aromatic rings. The van der Waals surface area contributed by atoms with Crippen molar-refractivity contribution in [3.63, 3.8) is 0 Å². The minimum Gasteiger partial charge on any atom is -0.394 e. The third-order valence-electron chi connectivity index (χ3n) is 1.71. The molecule has 0 saturated carbocycles. The summed E-state index contributed by atoms with van der Waals surface area (Å²) in [7, 11) is 0. The Morgan fingerprint density at radius 2 is 1.67 bits per heavy atom. The van der Waals surface area contributed by atoms with E-state index in [9.17, 15) is 4.39 Å². The Balaban J connectivity index is 4.42. The first-order valence-corrected chi connectivity index (χ1v) is 3.40. The highest BCUT2D eigenvalue weighted by Gasteiger charge is 2.43. The average molecular weight is 184 g/mol. The summed E-state index contributed by atoms with van der Waals surface area (Å²) in [5.41, 5.74) is -2.50. The highest BCUT2D eigenvalue weighted by molar-refractivity contribution is 4.92. The van der Waals surface area contributed by atoms with E-state index in [-0.39, 0.29) is 0 Å². The van der Waals surface area contributed by atoms with Crippen molar-refractivity contribution in [2.75, 3.05) is 19.8 Å². The first kappa shape index (κ1) is 11.7. The smallest absolute Gasteiger partial charge is 0.156 e. The van der Waals surface area contributed by atoms with Crippen LogP contribution in [0.25, 0.3) is 0 Å². The van der Waals surface area contributed by atoms with Crippen LogP contribution in [0.4, 0.5) is 4.39 Å². The SMILES string of the molecule is OCC(O)C(O)(CO)C(F)CO. The molecule has 6 heteroatoms. The number of aliphatic hydroxyl groups excluding tert-OH is 4. The maximum atomic E-state index is 12.7. The fraction of sp³-hybridized carbons (Fsp3) is 1.00. The fourth-order valence-electron chi connectivity index (χ4n) is 0.729. The first-order valence-electron chi connectivity index (χ1n) is 3.40. The van der Waals surface area contributed by atoms with Crippen molar-refractivity contribution in [1.29, 1.82) is 0 Å². The number of aliphatic hydroxyl groups is 5. The maximum absolute atomic E-state index is 12.7. The summed E-state index contributed by atoms with van der Waals surface area (Å²) in [5, 5.41) is 43.2. The van der Waals surface area contributed by atoms with Gasteiger partial charge in [-0.2, -0.15) is 0 Å². The molecule has 5 N–H and O–H groups in total. The zero-order chi connectivity index (χ0) is 9.78. The molecular formula is C6H13FO5. The molecule has 3 unspecified atom stereocenters. The summed E-state index contributed by atoms with van der Waals surface area (Å²) < 4.78 is 12.7. The van der Waals surface area contributed by atoms with Crippen LogP contribution in [-0.2, 0) is 0 Å². The molecule has 0 fully saturated rings. The van der Waals surface area contributed by atoms with Crippen LogP contribution < -0.4 is 0 Å². The van der Waals surface area contributed by atoms with Gasteiger partial charge < -0.3 is 25.5 Å². The minimum absolute atomic E-state index is 0.891. The Hall–Kier alpha value is -0.270. The third kappa shape index (κ3) is 2.11. The standard InChI is InChI=1S/C6H13FO5/c7-4(1-8)6(12,3-10)5(11)2-9/h4-5,8-12H,1-3H2. The van der Waals surface area contributed by atoms with Crippen molar-refractivity contribution in [3.05, 3.63) is 0 Å². The van der Waals surface area contributed by atoms with Crippen LogP contribution >= 0.6 is 0 Å². The van der Waals surface area contributed by atoms with Crippen LogP contribution in [0.3, 0.4) is 0 Å². The molecule has 0 heterocycles. The maximum Gasteiger partial charge on any atom is 0.156 e. The van der Waals surface area contributed by atoms with Gasteiger partial charge in [-0.3, -0.25) is 0 Å². The Labute approximate surface area is 68.7 Å². The van der Waals surface area contributed by atoms with E-state index in [1.807, 2.05) is 0 Å². The Bertz CT molecular complexity index is 121. The summed E-state index contributed by atoms with van der Waals surface area (Å²) in [4.78, 5) is 0. The lowest BCUT2D eigenvalue weighted by molar-refractivity contribution is -0.165. The first-order chi connectivity index (χ1) is 5.52. The number of rotatable bonds is 5. The second kappa shape index (κ2) is 4.68. The number of hydrogen-bond acceptors (Lipinski definition) is 5. The molecule has 0 rings (SSSR count). The number of alkyl halides is 1. The second-order valence-electron chi connectivity index (χ2n) is 2.50. The highest BCUT2D eigenvalue weighted by Crippen LogP contribution is 2.17. The fourth-order valence-corrected chi connectivity index (χ4v) is 0.729. The lowest BCUT2D eigenvalue weighted by Crippen LogP contribution is -2.56. The predicted molar refractivity (Wildman–Crippen MR) is 37.1 cm³/mol. The molecule has 74 valence electrons. The van der Waals surface area contributed by atoms with Crippen molar-refractivity contribution in [1.82, 2.24) is 0 Å². The number of hydrogen-bond donors (Lipinski definition) is 5. The Kier molecular flexibility index (Phi) is 4.58. The predicted octanol–water partition coefficient (Wildman–Crippen LogP) is -2.61. The Morgan fingerprint density at radius 1 is 1.17 bits per heavy atom. The monoisotopic (exact) mass is 184 g/mol. The van der Waals surface area contributed by atoms with Gasteiger partial charge in [0.15, 0.2) is 6.17 Å². The van der Waals surface area contributed by atoms with Gasteiger partial charge in [0.1, 0.15) is 11.7 Å². The van der Waals surface area contributed by atoms with Crippen molar-refractivity contribution >= 4 is 0 Å².